The summed E-state index contributed by atoms with van der Waals surface area (Å²) in [7, 11) is 0. The van der Waals surface area contributed by atoms with Crippen molar-refractivity contribution in [2.75, 3.05) is 26.2 Å². The highest BCUT2D eigenvalue weighted by Gasteiger charge is 2.23. The zero-order valence-corrected chi connectivity index (χ0v) is 15.1. The van der Waals surface area contributed by atoms with Gasteiger partial charge in [0.2, 0.25) is 0 Å². The number of carbonyl (C=O) groups is 1. The summed E-state index contributed by atoms with van der Waals surface area (Å²) >= 11 is 1.69. The second-order valence-electron chi connectivity index (χ2n) is 6.15. The number of piperazine rings is 1. The number of amides is 1. The lowest BCUT2D eigenvalue weighted by Crippen LogP contribution is -2.48. The zero-order chi connectivity index (χ0) is 17.8. The van der Waals surface area contributed by atoms with E-state index in [2.05, 4.69) is 32.4 Å². The third-order valence-electron chi connectivity index (χ3n) is 4.42. The average Bonchev–Trinajstić information content (AvgIpc) is 3.18. The Balaban J connectivity index is 1.33. The first kappa shape index (κ1) is 16.8. The number of benzene rings is 1. The van der Waals surface area contributed by atoms with Crippen molar-refractivity contribution in [2.45, 2.75) is 6.54 Å². The van der Waals surface area contributed by atoms with Crippen LogP contribution in [0.5, 0.6) is 0 Å². The van der Waals surface area contributed by atoms with E-state index in [1.807, 2.05) is 23.1 Å². The molecule has 7 heteroatoms. The van der Waals surface area contributed by atoms with Crippen LogP contribution in [0.1, 0.15) is 15.5 Å². The molecule has 0 unspecified atom stereocenters. The standard InChI is InChI=1S/C19H19N5OS/c25-19(16-12-20-6-7-21-16)24-10-8-23(9-11-24)13-18-22-17(14-26-18)15-4-2-1-3-5-15/h1-7,12,14H,8-11,13H2. The minimum atomic E-state index is -0.0432. The van der Waals surface area contributed by atoms with Crippen molar-refractivity contribution in [2.24, 2.45) is 0 Å². The van der Waals surface area contributed by atoms with Gasteiger partial charge in [0.1, 0.15) is 10.7 Å². The predicted octanol–water partition coefficient (Wildman–Crippen LogP) is 2.56. The number of rotatable bonds is 4. The van der Waals surface area contributed by atoms with Gasteiger partial charge in [-0.2, -0.15) is 0 Å². The number of hydrogen-bond acceptors (Lipinski definition) is 6. The molecule has 0 spiro atoms. The van der Waals surface area contributed by atoms with Gasteiger partial charge in [0.25, 0.3) is 5.91 Å². The summed E-state index contributed by atoms with van der Waals surface area (Å²) in [5.41, 5.74) is 2.59. The van der Waals surface area contributed by atoms with E-state index in [9.17, 15) is 4.79 Å². The van der Waals surface area contributed by atoms with Crippen LogP contribution in [0.2, 0.25) is 0 Å². The number of thiazole rings is 1. The van der Waals surface area contributed by atoms with Crippen LogP contribution in [0.25, 0.3) is 11.3 Å². The maximum Gasteiger partial charge on any atom is 0.274 e. The fourth-order valence-corrected chi connectivity index (χ4v) is 3.84. The monoisotopic (exact) mass is 365 g/mol. The van der Waals surface area contributed by atoms with Crippen LogP contribution >= 0.6 is 11.3 Å². The molecule has 0 atom stereocenters. The van der Waals surface area contributed by atoms with Crippen LogP contribution in [0.3, 0.4) is 0 Å². The zero-order valence-electron chi connectivity index (χ0n) is 14.3. The van der Waals surface area contributed by atoms with Crippen molar-refractivity contribution in [3.8, 4) is 11.3 Å². The van der Waals surface area contributed by atoms with E-state index >= 15 is 0 Å². The van der Waals surface area contributed by atoms with Crippen molar-refractivity contribution in [3.63, 3.8) is 0 Å². The van der Waals surface area contributed by atoms with Crippen LogP contribution in [0.15, 0.2) is 54.3 Å². The lowest BCUT2D eigenvalue weighted by atomic mass is 10.2. The molecule has 6 nitrogen and oxygen atoms in total. The Morgan fingerprint density at radius 1 is 1.08 bits per heavy atom. The summed E-state index contributed by atoms with van der Waals surface area (Å²) in [6.07, 6.45) is 4.65. The summed E-state index contributed by atoms with van der Waals surface area (Å²) < 4.78 is 0. The Hall–Kier alpha value is -2.64. The summed E-state index contributed by atoms with van der Waals surface area (Å²) in [5.74, 6) is -0.0432. The third kappa shape index (κ3) is 3.79. The Labute approximate surface area is 156 Å². The number of carbonyl (C=O) groups excluding carboxylic acids is 1. The first-order chi connectivity index (χ1) is 12.8. The molecule has 3 aromatic rings. The molecule has 0 saturated carbocycles. The number of nitrogens with zero attached hydrogens (tertiary/aromatic N) is 5. The maximum absolute atomic E-state index is 12.4. The summed E-state index contributed by atoms with van der Waals surface area (Å²) in [6.45, 7) is 3.90. The van der Waals surface area contributed by atoms with Crippen LogP contribution in [0.4, 0.5) is 0 Å². The molecule has 0 radical (unpaired) electrons. The Morgan fingerprint density at radius 3 is 2.62 bits per heavy atom. The first-order valence-corrected chi connectivity index (χ1v) is 9.45. The molecule has 1 fully saturated rings. The normalized spacial score (nSPS) is 15.2. The molecule has 1 aromatic carbocycles. The van der Waals surface area contributed by atoms with Crippen molar-refractivity contribution in [1.29, 1.82) is 0 Å². The van der Waals surface area contributed by atoms with E-state index in [4.69, 9.17) is 4.98 Å². The third-order valence-corrected chi connectivity index (χ3v) is 5.26. The summed E-state index contributed by atoms with van der Waals surface area (Å²) in [6, 6.07) is 10.2. The molecule has 1 aliphatic rings. The van der Waals surface area contributed by atoms with Crippen molar-refractivity contribution in [1.82, 2.24) is 24.8 Å². The molecule has 2 aromatic heterocycles. The van der Waals surface area contributed by atoms with E-state index in [0.29, 0.717) is 18.8 Å². The highest BCUT2D eigenvalue weighted by molar-refractivity contribution is 7.09. The largest absolute Gasteiger partial charge is 0.335 e. The minimum absolute atomic E-state index is 0.0432. The molecule has 132 valence electrons. The molecule has 1 saturated heterocycles. The van der Waals surface area contributed by atoms with Gasteiger partial charge in [0.05, 0.1) is 18.4 Å². The average molecular weight is 365 g/mol. The second kappa shape index (κ2) is 7.72. The van der Waals surface area contributed by atoms with Gasteiger partial charge in [-0.1, -0.05) is 30.3 Å². The molecule has 4 rings (SSSR count). The fourth-order valence-electron chi connectivity index (χ4n) is 3.00. The minimum Gasteiger partial charge on any atom is -0.335 e. The summed E-state index contributed by atoms with van der Waals surface area (Å²) in [5, 5.41) is 3.22. The van der Waals surface area contributed by atoms with Gasteiger partial charge in [-0.25, -0.2) is 9.97 Å². The molecular weight excluding hydrogens is 346 g/mol. The van der Waals surface area contributed by atoms with Crippen molar-refractivity contribution in [3.05, 3.63) is 65.0 Å². The van der Waals surface area contributed by atoms with E-state index in [1.165, 1.54) is 6.20 Å². The van der Waals surface area contributed by atoms with Gasteiger partial charge in [0.15, 0.2) is 0 Å². The van der Waals surface area contributed by atoms with Crippen LogP contribution in [0, 0.1) is 0 Å². The molecule has 0 bridgehead atoms. The van der Waals surface area contributed by atoms with Gasteiger partial charge in [-0.15, -0.1) is 11.3 Å². The Morgan fingerprint density at radius 2 is 1.88 bits per heavy atom. The highest BCUT2D eigenvalue weighted by Crippen LogP contribution is 2.22. The van der Waals surface area contributed by atoms with Gasteiger partial charge in [-0.3, -0.25) is 14.7 Å². The Kier molecular flexibility index (Phi) is 4.99. The maximum atomic E-state index is 12.4. The molecule has 26 heavy (non-hydrogen) atoms. The lowest BCUT2D eigenvalue weighted by Gasteiger charge is -2.34. The van der Waals surface area contributed by atoms with Crippen molar-refractivity contribution < 1.29 is 4.79 Å². The summed E-state index contributed by atoms with van der Waals surface area (Å²) in [4.78, 5) is 29.4. The van der Waals surface area contributed by atoms with E-state index < -0.39 is 0 Å². The molecule has 3 heterocycles. The van der Waals surface area contributed by atoms with Crippen LogP contribution in [-0.2, 0) is 6.54 Å². The van der Waals surface area contributed by atoms with E-state index in [1.54, 1.807) is 23.7 Å². The topological polar surface area (TPSA) is 62.2 Å². The van der Waals surface area contributed by atoms with Gasteiger partial charge in [0, 0.05) is 49.5 Å². The van der Waals surface area contributed by atoms with E-state index in [0.717, 1.165) is 35.9 Å². The molecule has 0 aliphatic carbocycles. The molecule has 1 aliphatic heterocycles. The first-order valence-electron chi connectivity index (χ1n) is 8.57. The van der Waals surface area contributed by atoms with Crippen LogP contribution in [-0.4, -0.2) is 56.8 Å². The van der Waals surface area contributed by atoms with Crippen LogP contribution < -0.4 is 0 Å². The smallest absolute Gasteiger partial charge is 0.274 e. The second-order valence-corrected chi connectivity index (χ2v) is 7.09. The SMILES string of the molecule is O=C(c1cnccn1)N1CCN(Cc2nc(-c3ccccc3)cs2)CC1. The highest BCUT2D eigenvalue weighted by atomic mass is 32.1. The molecule has 1 amide bonds. The molecule has 0 N–H and O–H groups in total. The quantitative estimate of drug-likeness (QED) is 0.711. The Bertz CT molecular complexity index is 860. The van der Waals surface area contributed by atoms with Gasteiger partial charge in [-0.05, 0) is 0 Å². The fraction of sp³-hybridized carbons (Fsp3) is 0.263. The van der Waals surface area contributed by atoms with Gasteiger partial charge < -0.3 is 4.90 Å². The molecular formula is C19H19N5OS. The number of hydrogen-bond donors (Lipinski definition) is 0. The predicted molar refractivity (Wildman–Crippen MR) is 101 cm³/mol. The lowest BCUT2D eigenvalue weighted by molar-refractivity contribution is 0.0622. The number of aromatic nitrogens is 3. The van der Waals surface area contributed by atoms with Gasteiger partial charge >= 0.3 is 0 Å². The van der Waals surface area contributed by atoms with E-state index in [-0.39, 0.29) is 5.91 Å². The van der Waals surface area contributed by atoms with Crippen molar-refractivity contribution >= 4 is 17.2 Å².